The van der Waals surface area contributed by atoms with Crippen molar-refractivity contribution in [3.8, 4) is 11.1 Å². The first-order chi connectivity index (χ1) is 7.36. The van der Waals surface area contributed by atoms with Crippen LogP contribution < -0.4 is 5.73 Å². The molecule has 15 heavy (non-hydrogen) atoms. The summed E-state index contributed by atoms with van der Waals surface area (Å²) in [5.74, 6) is 0.557. The van der Waals surface area contributed by atoms with Gasteiger partial charge in [0.05, 0.1) is 12.5 Å². The Morgan fingerprint density at radius 3 is 2.87 bits per heavy atom. The molecule has 1 aromatic carbocycles. The zero-order chi connectivity index (χ0) is 10.3. The minimum Gasteiger partial charge on any atom is -0.464 e. The van der Waals surface area contributed by atoms with Gasteiger partial charge in [0.1, 0.15) is 11.4 Å². The van der Waals surface area contributed by atoms with Gasteiger partial charge in [-0.05, 0) is 6.07 Å². The molecule has 4 heteroatoms. The second-order valence-electron chi connectivity index (χ2n) is 3.34. The lowest BCUT2D eigenvalue weighted by atomic mass is 10.1. The van der Waals surface area contributed by atoms with Crippen molar-refractivity contribution >= 4 is 16.8 Å². The van der Waals surface area contributed by atoms with Gasteiger partial charge in [-0.25, -0.2) is 0 Å². The van der Waals surface area contributed by atoms with Crippen LogP contribution >= 0.6 is 0 Å². The highest BCUT2D eigenvalue weighted by atomic mass is 16.3. The van der Waals surface area contributed by atoms with E-state index in [1.807, 2.05) is 24.3 Å². The molecule has 0 fully saturated rings. The van der Waals surface area contributed by atoms with Gasteiger partial charge in [-0.2, -0.15) is 5.10 Å². The van der Waals surface area contributed by atoms with E-state index in [9.17, 15) is 0 Å². The first kappa shape index (κ1) is 8.11. The lowest BCUT2D eigenvalue weighted by Crippen LogP contribution is -1.86. The van der Waals surface area contributed by atoms with E-state index in [1.54, 1.807) is 12.5 Å². The number of nitrogens with one attached hydrogen (secondary N) is 1. The molecule has 0 aliphatic heterocycles. The third kappa shape index (κ3) is 1.11. The van der Waals surface area contributed by atoms with Gasteiger partial charge in [-0.1, -0.05) is 18.2 Å². The summed E-state index contributed by atoms with van der Waals surface area (Å²) in [6.07, 6.45) is 3.40. The summed E-state index contributed by atoms with van der Waals surface area (Å²) >= 11 is 0. The number of hydrogen-bond acceptors (Lipinski definition) is 3. The molecular weight excluding hydrogens is 190 g/mol. The van der Waals surface area contributed by atoms with Crippen LogP contribution in [0.1, 0.15) is 0 Å². The maximum Gasteiger partial charge on any atom is 0.134 e. The summed E-state index contributed by atoms with van der Waals surface area (Å²) in [6.45, 7) is 0. The van der Waals surface area contributed by atoms with Crippen molar-refractivity contribution in [2.75, 3.05) is 5.73 Å². The summed E-state index contributed by atoms with van der Waals surface area (Å²) in [4.78, 5) is 0. The number of aromatic amines is 1. The molecule has 3 rings (SSSR count). The number of aromatic nitrogens is 2. The van der Waals surface area contributed by atoms with Crippen LogP contribution in [0.15, 0.2) is 41.1 Å². The van der Waals surface area contributed by atoms with Crippen molar-refractivity contribution in [1.82, 2.24) is 10.2 Å². The summed E-state index contributed by atoms with van der Waals surface area (Å²) in [7, 11) is 0. The van der Waals surface area contributed by atoms with E-state index >= 15 is 0 Å². The lowest BCUT2D eigenvalue weighted by Gasteiger charge is -1.94. The molecule has 0 atom stereocenters. The predicted molar refractivity (Wildman–Crippen MR) is 58.2 cm³/mol. The molecule has 3 aromatic rings. The Morgan fingerprint density at radius 2 is 2.07 bits per heavy atom. The standard InChI is InChI=1S/C11H9N3O/c12-11-8(5-13-14-11)9-6-15-10-4-2-1-3-7(9)10/h1-6H,(H3,12,13,14). The van der Waals surface area contributed by atoms with Crippen molar-refractivity contribution in [3.05, 3.63) is 36.7 Å². The normalized spacial score (nSPS) is 10.9. The number of rotatable bonds is 1. The van der Waals surface area contributed by atoms with E-state index in [2.05, 4.69) is 10.2 Å². The van der Waals surface area contributed by atoms with Crippen LogP contribution in [0.3, 0.4) is 0 Å². The number of nitrogens with zero attached hydrogens (tertiary/aromatic N) is 1. The first-order valence-corrected chi connectivity index (χ1v) is 4.62. The number of nitrogens with two attached hydrogens (primary N) is 1. The second kappa shape index (κ2) is 2.88. The van der Waals surface area contributed by atoms with Crippen LogP contribution in [0.4, 0.5) is 5.82 Å². The third-order valence-electron chi connectivity index (χ3n) is 2.44. The molecule has 0 unspecified atom stereocenters. The highest BCUT2D eigenvalue weighted by Crippen LogP contribution is 2.32. The summed E-state index contributed by atoms with van der Waals surface area (Å²) < 4.78 is 5.43. The average Bonchev–Trinajstić information content (AvgIpc) is 2.83. The van der Waals surface area contributed by atoms with Gasteiger partial charge < -0.3 is 10.2 Å². The van der Waals surface area contributed by atoms with E-state index < -0.39 is 0 Å². The van der Waals surface area contributed by atoms with Crippen molar-refractivity contribution in [3.63, 3.8) is 0 Å². The minimum absolute atomic E-state index is 0.557. The molecule has 0 aliphatic carbocycles. The van der Waals surface area contributed by atoms with Gasteiger partial charge in [0, 0.05) is 16.5 Å². The minimum atomic E-state index is 0.557. The molecule has 0 saturated heterocycles. The number of para-hydroxylation sites is 1. The summed E-state index contributed by atoms with van der Waals surface area (Å²) in [5, 5.41) is 7.65. The van der Waals surface area contributed by atoms with Crippen molar-refractivity contribution in [2.24, 2.45) is 0 Å². The number of benzene rings is 1. The first-order valence-electron chi connectivity index (χ1n) is 4.62. The molecule has 0 bridgehead atoms. The number of H-pyrrole nitrogens is 1. The molecular formula is C11H9N3O. The molecule has 0 amide bonds. The molecule has 74 valence electrons. The van der Waals surface area contributed by atoms with Gasteiger partial charge in [0.25, 0.3) is 0 Å². The Morgan fingerprint density at radius 1 is 1.20 bits per heavy atom. The highest BCUT2D eigenvalue weighted by molar-refractivity contribution is 5.96. The van der Waals surface area contributed by atoms with E-state index in [-0.39, 0.29) is 0 Å². The van der Waals surface area contributed by atoms with Crippen LogP contribution in [0.25, 0.3) is 22.1 Å². The fraction of sp³-hybridized carbons (Fsp3) is 0. The summed E-state index contributed by atoms with van der Waals surface area (Å²) in [6, 6.07) is 7.83. The zero-order valence-corrected chi connectivity index (χ0v) is 7.90. The molecule has 3 N–H and O–H groups in total. The van der Waals surface area contributed by atoms with E-state index in [4.69, 9.17) is 10.2 Å². The monoisotopic (exact) mass is 199 g/mol. The Kier molecular flexibility index (Phi) is 1.56. The molecule has 2 heterocycles. The Labute approximate surface area is 85.7 Å². The van der Waals surface area contributed by atoms with Crippen LogP contribution in [-0.4, -0.2) is 10.2 Å². The lowest BCUT2D eigenvalue weighted by molar-refractivity contribution is 0.617. The molecule has 0 radical (unpaired) electrons. The molecule has 0 saturated carbocycles. The maximum absolute atomic E-state index is 5.76. The molecule has 0 aliphatic rings. The Bertz CT molecular complexity index is 609. The maximum atomic E-state index is 5.76. The van der Waals surface area contributed by atoms with E-state index in [0.717, 1.165) is 22.1 Å². The zero-order valence-electron chi connectivity index (χ0n) is 7.90. The highest BCUT2D eigenvalue weighted by Gasteiger charge is 2.11. The number of nitrogen functional groups attached to an aromatic ring is 1. The van der Waals surface area contributed by atoms with Crippen LogP contribution in [0, 0.1) is 0 Å². The van der Waals surface area contributed by atoms with Crippen molar-refractivity contribution in [2.45, 2.75) is 0 Å². The third-order valence-corrected chi connectivity index (χ3v) is 2.44. The van der Waals surface area contributed by atoms with Crippen molar-refractivity contribution in [1.29, 1.82) is 0 Å². The van der Waals surface area contributed by atoms with Crippen LogP contribution in [0.5, 0.6) is 0 Å². The Hall–Kier alpha value is -2.23. The smallest absolute Gasteiger partial charge is 0.134 e. The number of anilines is 1. The van der Waals surface area contributed by atoms with Crippen LogP contribution in [-0.2, 0) is 0 Å². The van der Waals surface area contributed by atoms with Gasteiger partial charge in [-0.15, -0.1) is 0 Å². The Balaban J connectivity index is 2.32. The number of hydrogen-bond donors (Lipinski definition) is 2. The van der Waals surface area contributed by atoms with Gasteiger partial charge in [0.15, 0.2) is 0 Å². The van der Waals surface area contributed by atoms with Gasteiger partial charge in [-0.3, -0.25) is 5.10 Å². The van der Waals surface area contributed by atoms with Crippen LogP contribution in [0.2, 0.25) is 0 Å². The second-order valence-corrected chi connectivity index (χ2v) is 3.34. The molecule has 0 spiro atoms. The summed E-state index contributed by atoms with van der Waals surface area (Å²) in [5.41, 5.74) is 8.46. The van der Waals surface area contributed by atoms with Crippen molar-refractivity contribution < 1.29 is 4.42 Å². The fourth-order valence-electron chi connectivity index (χ4n) is 1.70. The predicted octanol–water partition coefficient (Wildman–Crippen LogP) is 2.41. The largest absolute Gasteiger partial charge is 0.464 e. The average molecular weight is 199 g/mol. The van der Waals surface area contributed by atoms with Gasteiger partial charge in [0.2, 0.25) is 0 Å². The fourth-order valence-corrected chi connectivity index (χ4v) is 1.70. The topological polar surface area (TPSA) is 67.8 Å². The van der Waals surface area contributed by atoms with E-state index in [0.29, 0.717) is 5.82 Å². The van der Waals surface area contributed by atoms with E-state index in [1.165, 1.54) is 0 Å². The number of fused-ring (bicyclic) bond motifs is 1. The SMILES string of the molecule is Nc1[nH]ncc1-c1coc2ccccc12. The molecule has 4 nitrogen and oxygen atoms in total. The quantitative estimate of drug-likeness (QED) is 0.632. The van der Waals surface area contributed by atoms with Gasteiger partial charge >= 0.3 is 0 Å². The molecule has 2 aromatic heterocycles. The number of furan rings is 1.